The van der Waals surface area contributed by atoms with Crippen molar-refractivity contribution in [2.24, 2.45) is 5.41 Å². The van der Waals surface area contributed by atoms with Crippen molar-refractivity contribution in [2.45, 2.75) is 12.8 Å². The maximum Gasteiger partial charge on any atom is 0.313 e. The van der Waals surface area contributed by atoms with Gasteiger partial charge in [-0.1, -0.05) is 12.1 Å². The molecule has 0 aromatic heterocycles. The van der Waals surface area contributed by atoms with E-state index in [0.29, 0.717) is 0 Å². The molecule has 0 saturated carbocycles. The molecule has 7 heteroatoms. The van der Waals surface area contributed by atoms with Crippen LogP contribution in [-0.2, 0) is 20.7 Å². The Bertz CT molecular complexity index is 593. The molecular weight excluding hydrogens is 296 g/mol. The maximum atomic E-state index is 13.6. The third-order valence-corrected chi connectivity index (χ3v) is 3.95. The first kappa shape index (κ1) is 16.4. The maximum absolute atomic E-state index is 13.6. The zero-order valence-corrected chi connectivity index (χ0v) is 12.1. The molecule has 0 spiro atoms. The van der Waals surface area contributed by atoms with Crippen LogP contribution >= 0.6 is 0 Å². The van der Waals surface area contributed by atoms with E-state index in [2.05, 4.69) is 0 Å². The van der Waals surface area contributed by atoms with Crippen molar-refractivity contribution >= 4 is 11.9 Å². The molecule has 22 heavy (non-hydrogen) atoms. The number of rotatable bonds is 5. The average molecular weight is 313 g/mol. The van der Waals surface area contributed by atoms with Crippen LogP contribution < -0.4 is 0 Å². The Morgan fingerprint density at radius 3 is 2.77 bits per heavy atom. The van der Waals surface area contributed by atoms with E-state index in [4.69, 9.17) is 4.74 Å². The Morgan fingerprint density at radius 2 is 2.14 bits per heavy atom. The summed E-state index contributed by atoms with van der Waals surface area (Å²) < 4.78 is 31.7. The SMILES string of the molecule is COCC1(C(=O)O)CCN(C(=O)Cc2cccc(F)c2F)C1. The predicted octanol–water partition coefficient (Wildman–Crippen LogP) is 1.46. The zero-order chi connectivity index (χ0) is 16.3. The van der Waals surface area contributed by atoms with Crippen molar-refractivity contribution < 1.29 is 28.2 Å². The number of ether oxygens (including phenoxy) is 1. The number of carboxylic acids is 1. The fourth-order valence-corrected chi connectivity index (χ4v) is 2.68. The summed E-state index contributed by atoms with van der Waals surface area (Å²) in [6.45, 7) is 0.262. The number of carboxylic acid groups (broad SMARTS) is 1. The standard InChI is InChI=1S/C15H17F2NO4/c1-22-9-15(14(20)21)5-6-18(8-15)12(19)7-10-3-2-4-11(16)13(10)17/h2-4H,5-9H2,1H3,(H,20,21). The molecule has 1 N–H and O–H groups in total. The third-order valence-electron chi connectivity index (χ3n) is 3.95. The van der Waals surface area contributed by atoms with Crippen LogP contribution in [0.1, 0.15) is 12.0 Å². The zero-order valence-electron chi connectivity index (χ0n) is 12.1. The average Bonchev–Trinajstić information content (AvgIpc) is 2.90. The molecule has 1 saturated heterocycles. The summed E-state index contributed by atoms with van der Waals surface area (Å²) in [5.41, 5.74) is -1.17. The molecule has 0 aliphatic carbocycles. The van der Waals surface area contributed by atoms with Gasteiger partial charge in [0.2, 0.25) is 5.91 Å². The van der Waals surface area contributed by atoms with E-state index in [0.717, 1.165) is 6.07 Å². The first-order valence-electron chi connectivity index (χ1n) is 6.82. The number of nitrogens with zero attached hydrogens (tertiary/aromatic N) is 1. The number of hydrogen-bond donors (Lipinski definition) is 1. The van der Waals surface area contributed by atoms with Gasteiger partial charge >= 0.3 is 5.97 Å². The fraction of sp³-hybridized carbons (Fsp3) is 0.467. The van der Waals surface area contributed by atoms with Crippen LogP contribution in [0.4, 0.5) is 8.78 Å². The van der Waals surface area contributed by atoms with Crippen LogP contribution in [0, 0.1) is 17.0 Å². The molecule has 120 valence electrons. The largest absolute Gasteiger partial charge is 0.481 e. The minimum Gasteiger partial charge on any atom is -0.481 e. The van der Waals surface area contributed by atoms with Gasteiger partial charge in [-0.2, -0.15) is 0 Å². The number of amides is 1. The summed E-state index contributed by atoms with van der Waals surface area (Å²) >= 11 is 0. The van der Waals surface area contributed by atoms with Crippen LogP contribution in [0.15, 0.2) is 18.2 Å². The Balaban J connectivity index is 2.08. The Morgan fingerprint density at radius 1 is 1.41 bits per heavy atom. The number of aliphatic carboxylic acids is 1. The highest BCUT2D eigenvalue weighted by Gasteiger charge is 2.46. The van der Waals surface area contributed by atoms with Gasteiger partial charge in [0.15, 0.2) is 11.6 Å². The van der Waals surface area contributed by atoms with Gasteiger partial charge < -0.3 is 14.7 Å². The lowest BCUT2D eigenvalue weighted by atomic mass is 9.88. The first-order valence-corrected chi connectivity index (χ1v) is 6.82. The van der Waals surface area contributed by atoms with Crippen LogP contribution in [-0.4, -0.2) is 48.7 Å². The molecule has 1 amide bonds. The summed E-state index contributed by atoms with van der Waals surface area (Å²) in [6.07, 6.45) is -0.0280. The molecule has 1 atom stereocenters. The van der Waals surface area contributed by atoms with Gasteiger partial charge in [0.1, 0.15) is 5.41 Å². The summed E-state index contributed by atoms with van der Waals surface area (Å²) in [6, 6.07) is 3.65. The normalized spacial score (nSPS) is 21.1. The monoisotopic (exact) mass is 313 g/mol. The summed E-state index contributed by atoms with van der Waals surface area (Å²) in [4.78, 5) is 25.0. The third kappa shape index (κ3) is 3.09. The van der Waals surface area contributed by atoms with Crippen LogP contribution in [0.25, 0.3) is 0 Å². The number of likely N-dealkylation sites (tertiary alicyclic amines) is 1. The van der Waals surface area contributed by atoms with Crippen molar-refractivity contribution in [1.82, 2.24) is 4.90 Å². The molecule has 1 unspecified atom stereocenters. The number of carbonyl (C=O) groups is 2. The molecule has 0 radical (unpaired) electrons. The first-order chi connectivity index (χ1) is 10.4. The number of benzene rings is 1. The van der Waals surface area contributed by atoms with Gasteiger partial charge in [-0.15, -0.1) is 0 Å². The van der Waals surface area contributed by atoms with E-state index in [1.54, 1.807) is 0 Å². The van der Waals surface area contributed by atoms with Gasteiger partial charge in [-0.05, 0) is 12.5 Å². The summed E-state index contributed by atoms with van der Waals surface area (Å²) in [5.74, 6) is -3.51. The molecule has 5 nitrogen and oxygen atoms in total. The highest BCUT2D eigenvalue weighted by molar-refractivity contribution is 5.82. The molecule has 1 fully saturated rings. The highest BCUT2D eigenvalue weighted by Crippen LogP contribution is 2.31. The predicted molar refractivity (Wildman–Crippen MR) is 73.2 cm³/mol. The van der Waals surface area contributed by atoms with Gasteiger partial charge in [-0.3, -0.25) is 9.59 Å². The second-order valence-electron chi connectivity index (χ2n) is 5.47. The van der Waals surface area contributed by atoms with E-state index in [1.807, 2.05) is 0 Å². The molecule has 2 rings (SSSR count). The molecule has 1 aromatic rings. The lowest BCUT2D eigenvalue weighted by Gasteiger charge is -2.23. The topological polar surface area (TPSA) is 66.8 Å². The van der Waals surface area contributed by atoms with Crippen LogP contribution in [0.3, 0.4) is 0 Å². The van der Waals surface area contributed by atoms with Crippen LogP contribution in [0.5, 0.6) is 0 Å². The number of methoxy groups -OCH3 is 1. The van der Waals surface area contributed by atoms with E-state index in [1.165, 1.54) is 24.1 Å². The van der Waals surface area contributed by atoms with Crippen molar-refractivity contribution in [3.63, 3.8) is 0 Å². The van der Waals surface area contributed by atoms with Gasteiger partial charge in [0.05, 0.1) is 13.0 Å². The molecular formula is C15H17F2NO4. The number of carbonyl (C=O) groups excluding carboxylic acids is 1. The highest BCUT2D eigenvalue weighted by atomic mass is 19.2. The smallest absolute Gasteiger partial charge is 0.313 e. The van der Waals surface area contributed by atoms with E-state index < -0.39 is 28.9 Å². The minimum atomic E-state index is -1.13. The van der Waals surface area contributed by atoms with E-state index in [-0.39, 0.29) is 38.1 Å². The number of hydrogen-bond acceptors (Lipinski definition) is 3. The lowest BCUT2D eigenvalue weighted by Crippen LogP contribution is -2.40. The van der Waals surface area contributed by atoms with Gasteiger partial charge in [0.25, 0.3) is 0 Å². The van der Waals surface area contributed by atoms with E-state index in [9.17, 15) is 23.5 Å². The summed E-state index contributed by atoms with van der Waals surface area (Å²) in [7, 11) is 1.40. The number of halogens is 2. The van der Waals surface area contributed by atoms with Crippen molar-refractivity contribution in [3.05, 3.63) is 35.4 Å². The Labute approximate surface area is 126 Å². The van der Waals surface area contributed by atoms with E-state index >= 15 is 0 Å². The molecule has 0 bridgehead atoms. The van der Waals surface area contributed by atoms with Gasteiger partial charge in [-0.25, -0.2) is 8.78 Å². The van der Waals surface area contributed by atoms with Crippen molar-refractivity contribution in [3.8, 4) is 0 Å². The molecule has 1 aliphatic heterocycles. The lowest BCUT2D eigenvalue weighted by molar-refractivity contribution is -0.151. The van der Waals surface area contributed by atoms with Crippen molar-refractivity contribution in [1.29, 1.82) is 0 Å². The fourth-order valence-electron chi connectivity index (χ4n) is 2.68. The minimum absolute atomic E-state index is 0.000436. The Kier molecular flexibility index (Phi) is 4.75. The quantitative estimate of drug-likeness (QED) is 0.893. The Hall–Kier alpha value is -2.02. The van der Waals surface area contributed by atoms with Crippen molar-refractivity contribution in [2.75, 3.05) is 26.8 Å². The second-order valence-corrected chi connectivity index (χ2v) is 5.47. The summed E-state index contributed by atoms with van der Waals surface area (Å²) in [5, 5.41) is 9.34. The second kappa shape index (κ2) is 6.39. The molecule has 1 aromatic carbocycles. The molecule has 1 heterocycles. The van der Waals surface area contributed by atoms with Gasteiger partial charge in [0, 0.05) is 25.8 Å². The van der Waals surface area contributed by atoms with Crippen LogP contribution in [0.2, 0.25) is 0 Å². The molecule has 1 aliphatic rings.